The van der Waals surface area contributed by atoms with Gasteiger partial charge in [-0.3, -0.25) is 4.79 Å². The molecule has 1 fully saturated rings. The first-order valence-corrected chi connectivity index (χ1v) is 13.0. The molecule has 1 heterocycles. The Kier molecular flexibility index (Phi) is 8.73. The fourth-order valence-corrected chi connectivity index (χ4v) is 5.86. The minimum Gasteiger partial charge on any atom is -0.369 e. The predicted molar refractivity (Wildman–Crippen MR) is 144 cm³/mol. The van der Waals surface area contributed by atoms with Crippen molar-refractivity contribution in [2.75, 3.05) is 20.1 Å². The summed E-state index contributed by atoms with van der Waals surface area (Å²) in [4.78, 5) is 13.2. The minimum atomic E-state index is -0.827. The second kappa shape index (κ2) is 12.1. The number of rotatable bonds is 12. The molecule has 0 aliphatic carbocycles. The van der Waals surface area contributed by atoms with Crippen LogP contribution in [0.1, 0.15) is 47.9 Å². The van der Waals surface area contributed by atoms with Crippen molar-refractivity contribution < 1.29 is 4.79 Å². The lowest BCUT2D eigenvalue weighted by molar-refractivity contribution is -0.123. The Bertz CT molecular complexity index is 1030. The van der Waals surface area contributed by atoms with Gasteiger partial charge in [-0.15, -0.1) is 0 Å². The molecule has 2 atom stereocenters. The Morgan fingerprint density at radius 3 is 2.09 bits per heavy atom. The normalized spacial score (nSPS) is 18.0. The van der Waals surface area contributed by atoms with E-state index >= 15 is 0 Å². The molecule has 0 spiro atoms. The van der Waals surface area contributed by atoms with Crippen LogP contribution in [0.3, 0.4) is 0 Å². The molecule has 4 N–H and O–H groups in total. The smallest absolute Gasteiger partial charge is 0.232 e. The number of carbonyl (C=O) groups is 1. The zero-order chi connectivity index (χ0) is 24.5. The average Bonchev–Trinajstić information content (AvgIpc) is 3.35. The van der Waals surface area contributed by atoms with Crippen LogP contribution in [0.4, 0.5) is 0 Å². The van der Waals surface area contributed by atoms with Gasteiger partial charge in [-0.25, -0.2) is 0 Å². The number of benzene rings is 3. The lowest BCUT2D eigenvalue weighted by Gasteiger charge is -2.37. The Morgan fingerprint density at radius 1 is 0.914 bits per heavy atom. The first-order chi connectivity index (χ1) is 17.1. The quantitative estimate of drug-likeness (QED) is 0.339. The van der Waals surface area contributed by atoms with Crippen LogP contribution in [-0.4, -0.2) is 32.1 Å². The van der Waals surface area contributed by atoms with Crippen molar-refractivity contribution in [2.24, 2.45) is 11.7 Å². The third kappa shape index (κ3) is 5.83. The van der Waals surface area contributed by atoms with Crippen LogP contribution in [0, 0.1) is 5.92 Å². The van der Waals surface area contributed by atoms with Gasteiger partial charge in [0.2, 0.25) is 5.91 Å². The van der Waals surface area contributed by atoms with Crippen LogP contribution in [0.15, 0.2) is 84.9 Å². The van der Waals surface area contributed by atoms with Crippen LogP contribution in [-0.2, 0) is 23.1 Å². The Labute approximate surface area is 210 Å². The molecule has 1 aliphatic rings. The third-order valence-corrected chi connectivity index (χ3v) is 7.58. The van der Waals surface area contributed by atoms with E-state index in [-0.39, 0.29) is 11.8 Å². The van der Waals surface area contributed by atoms with Crippen molar-refractivity contribution >= 4 is 5.91 Å². The summed E-state index contributed by atoms with van der Waals surface area (Å²) in [5.74, 6) is -0.150. The van der Waals surface area contributed by atoms with E-state index in [4.69, 9.17) is 5.73 Å². The zero-order valence-electron chi connectivity index (χ0n) is 20.9. The van der Waals surface area contributed by atoms with Crippen molar-refractivity contribution in [1.29, 1.82) is 0 Å². The van der Waals surface area contributed by atoms with E-state index in [1.54, 1.807) is 0 Å². The number of hydrogen-bond acceptors (Lipinski definition) is 3. The molecule has 2 unspecified atom stereocenters. The molecule has 0 radical (unpaired) electrons. The maximum atomic E-state index is 13.2. The third-order valence-electron chi connectivity index (χ3n) is 7.58. The highest BCUT2D eigenvalue weighted by molar-refractivity contribution is 5.91. The van der Waals surface area contributed by atoms with Gasteiger partial charge >= 0.3 is 0 Å². The van der Waals surface area contributed by atoms with Crippen molar-refractivity contribution in [1.82, 2.24) is 10.6 Å². The predicted octanol–water partition coefficient (Wildman–Crippen LogP) is 4.61. The molecule has 1 amide bonds. The highest BCUT2D eigenvalue weighted by atomic mass is 16.1. The first-order valence-electron chi connectivity index (χ1n) is 13.0. The summed E-state index contributed by atoms with van der Waals surface area (Å²) in [7, 11) is 2.01. The summed E-state index contributed by atoms with van der Waals surface area (Å²) >= 11 is 0. The van der Waals surface area contributed by atoms with Crippen molar-refractivity contribution in [3.8, 4) is 0 Å². The van der Waals surface area contributed by atoms with Crippen LogP contribution in [0.25, 0.3) is 0 Å². The SMILES string of the molecule is CNCCCc1cccc(CCCC2CC(C(C(N)=O)(c3ccccc3)c3ccccc3)CN2)c1. The molecule has 35 heavy (non-hydrogen) atoms. The van der Waals surface area contributed by atoms with Gasteiger partial charge in [-0.1, -0.05) is 84.9 Å². The molecular formula is C31H39N3O. The summed E-state index contributed by atoms with van der Waals surface area (Å²) in [6.07, 6.45) is 6.54. The summed E-state index contributed by atoms with van der Waals surface area (Å²) in [6.45, 7) is 1.84. The van der Waals surface area contributed by atoms with E-state index in [9.17, 15) is 4.79 Å². The number of aryl methyl sites for hydroxylation is 2. The van der Waals surface area contributed by atoms with Gasteiger partial charge in [0.05, 0.1) is 0 Å². The van der Waals surface area contributed by atoms with Gasteiger partial charge in [-0.05, 0) is 86.8 Å². The maximum Gasteiger partial charge on any atom is 0.232 e. The van der Waals surface area contributed by atoms with E-state index in [1.165, 1.54) is 11.1 Å². The van der Waals surface area contributed by atoms with Crippen molar-refractivity contribution in [3.05, 3.63) is 107 Å². The van der Waals surface area contributed by atoms with E-state index in [2.05, 4.69) is 59.2 Å². The van der Waals surface area contributed by atoms with Crippen LogP contribution in [0.2, 0.25) is 0 Å². The minimum absolute atomic E-state index is 0.116. The molecule has 4 nitrogen and oxygen atoms in total. The zero-order valence-corrected chi connectivity index (χ0v) is 20.9. The number of hydrogen-bond donors (Lipinski definition) is 3. The lowest BCUT2D eigenvalue weighted by atomic mass is 9.64. The molecule has 0 saturated carbocycles. The summed E-state index contributed by atoms with van der Waals surface area (Å²) in [5.41, 5.74) is 10.2. The summed E-state index contributed by atoms with van der Waals surface area (Å²) in [5, 5.41) is 6.95. The molecular weight excluding hydrogens is 430 g/mol. The fourth-order valence-electron chi connectivity index (χ4n) is 5.86. The highest BCUT2D eigenvalue weighted by Crippen LogP contribution is 2.43. The average molecular weight is 470 g/mol. The fraction of sp³-hybridized carbons (Fsp3) is 0.387. The van der Waals surface area contributed by atoms with Crippen LogP contribution in [0.5, 0.6) is 0 Å². The number of carbonyl (C=O) groups excluding carboxylic acids is 1. The number of amides is 1. The largest absolute Gasteiger partial charge is 0.369 e. The standard InChI is InChI=1S/C31H39N3O/c1-33-20-10-14-25-12-8-11-24(21-25)13-9-19-29-22-28(23-34-29)31(30(32)35,26-15-4-2-5-16-26)27-17-6-3-7-18-27/h2-8,11-12,15-18,21,28-29,33-34H,9-10,13-14,19-20,22-23H2,1H3,(H2,32,35). The van der Waals surface area contributed by atoms with Gasteiger partial charge < -0.3 is 16.4 Å². The van der Waals surface area contributed by atoms with Gasteiger partial charge in [0.15, 0.2) is 0 Å². The molecule has 3 aromatic carbocycles. The Hall–Kier alpha value is -2.95. The van der Waals surface area contributed by atoms with Gasteiger partial charge in [0.25, 0.3) is 0 Å². The molecule has 0 bridgehead atoms. The molecule has 3 aromatic rings. The molecule has 184 valence electrons. The molecule has 0 aromatic heterocycles. The lowest BCUT2D eigenvalue weighted by Crippen LogP contribution is -2.49. The molecule has 1 aliphatic heterocycles. The number of nitrogens with one attached hydrogen (secondary N) is 2. The van der Waals surface area contributed by atoms with Gasteiger partial charge in [0.1, 0.15) is 5.41 Å². The summed E-state index contributed by atoms with van der Waals surface area (Å²) < 4.78 is 0. The second-order valence-corrected chi connectivity index (χ2v) is 9.86. The molecule has 4 rings (SSSR count). The van der Waals surface area contributed by atoms with Gasteiger partial charge in [0, 0.05) is 6.04 Å². The van der Waals surface area contributed by atoms with Crippen molar-refractivity contribution in [2.45, 2.75) is 50.0 Å². The van der Waals surface area contributed by atoms with E-state index in [0.717, 1.165) is 62.7 Å². The van der Waals surface area contributed by atoms with Crippen LogP contribution < -0.4 is 16.4 Å². The Balaban J connectivity index is 1.43. The monoisotopic (exact) mass is 469 g/mol. The summed E-state index contributed by atoms with van der Waals surface area (Å²) in [6, 6.07) is 29.6. The van der Waals surface area contributed by atoms with E-state index in [0.29, 0.717) is 6.04 Å². The maximum absolute atomic E-state index is 13.2. The molecule has 4 heteroatoms. The first kappa shape index (κ1) is 25.2. The number of primary amides is 1. The second-order valence-electron chi connectivity index (χ2n) is 9.86. The Morgan fingerprint density at radius 2 is 1.51 bits per heavy atom. The van der Waals surface area contributed by atoms with Gasteiger partial charge in [-0.2, -0.15) is 0 Å². The van der Waals surface area contributed by atoms with E-state index in [1.807, 2.05) is 43.4 Å². The van der Waals surface area contributed by atoms with Crippen LogP contribution >= 0.6 is 0 Å². The highest BCUT2D eigenvalue weighted by Gasteiger charge is 2.49. The van der Waals surface area contributed by atoms with E-state index < -0.39 is 5.41 Å². The number of nitrogens with two attached hydrogens (primary N) is 1. The van der Waals surface area contributed by atoms with Crippen molar-refractivity contribution in [3.63, 3.8) is 0 Å². The topological polar surface area (TPSA) is 67.1 Å². The molecule has 1 saturated heterocycles.